The van der Waals surface area contributed by atoms with Gasteiger partial charge in [0.1, 0.15) is 11.4 Å². The van der Waals surface area contributed by atoms with Gasteiger partial charge in [0.05, 0.1) is 29.4 Å². The van der Waals surface area contributed by atoms with E-state index < -0.39 is 12.3 Å². The number of nitrogens with one attached hydrogen (secondary N) is 1. The van der Waals surface area contributed by atoms with Crippen molar-refractivity contribution in [1.82, 2.24) is 15.1 Å². The molecular formula is C18H20ClF2N3O2. The number of hydrogen-bond donors (Lipinski definition) is 1. The Morgan fingerprint density at radius 3 is 2.92 bits per heavy atom. The highest BCUT2D eigenvalue weighted by atomic mass is 35.5. The zero-order valence-electron chi connectivity index (χ0n) is 14.5. The second-order valence-electron chi connectivity index (χ2n) is 6.64. The minimum Gasteiger partial charge on any atom is -0.492 e. The van der Waals surface area contributed by atoms with Crippen molar-refractivity contribution in [3.63, 3.8) is 0 Å². The number of amides is 1. The lowest BCUT2D eigenvalue weighted by atomic mass is 10.00. The lowest BCUT2D eigenvalue weighted by Crippen LogP contribution is -2.32. The fourth-order valence-corrected chi connectivity index (χ4v) is 3.30. The SMILES string of the molecule is CC(C)Cn1ncc(C(=O)NC2CCOc3c(Cl)cccc32)c1C(F)F. The summed E-state index contributed by atoms with van der Waals surface area (Å²) in [4.78, 5) is 12.7. The Bertz CT molecular complexity index is 808. The average molecular weight is 384 g/mol. The largest absolute Gasteiger partial charge is 0.492 e. The van der Waals surface area contributed by atoms with Gasteiger partial charge in [0.15, 0.2) is 0 Å². The van der Waals surface area contributed by atoms with Gasteiger partial charge in [-0.05, 0) is 12.0 Å². The van der Waals surface area contributed by atoms with Crippen LogP contribution in [-0.2, 0) is 6.54 Å². The van der Waals surface area contributed by atoms with Crippen LogP contribution >= 0.6 is 11.6 Å². The zero-order valence-corrected chi connectivity index (χ0v) is 15.3. The molecule has 3 rings (SSSR count). The summed E-state index contributed by atoms with van der Waals surface area (Å²) in [5.74, 6) is 0.0799. The second kappa shape index (κ2) is 7.61. The predicted octanol–water partition coefficient (Wildman–Crippen LogP) is 4.38. The van der Waals surface area contributed by atoms with Crippen LogP contribution in [0.3, 0.4) is 0 Å². The van der Waals surface area contributed by atoms with Crippen LogP contribution in [0, 0.1) is 5.92 Å². The van der Waals surface area contributed by atoms with E-state index in [1.807, 2.05) is 19.9 Å². The number of hydrogen-bond acceptors (Lipinski definition) is 3. The molecule has 1 atom stereocenters. The van der Waals surface area contributed by atoms with Crippen LogP contribution in [0.1, 0.15) is 54.4 Å². The van der Waals surface area contributed by atoms with Gasteiger partial charge in [0, 0.05) is 18.5 Å². The minimum atomic E-state index is -2.78. The molecule has 0 saturated carbocycles. The lowest BCUT2D eigenvalue weighted by molar-refractivity contribution is 0.0907. The number of halogens is 3. The molecular weight excluding hydrogens is 364 g/mol. The normalized spacial score (nSPS) is 16.5. The number of rotatable bonds is 5. The van der Waals surface area contributed by atoms with E-state index in [1.54, 1.807) is 12.1 Å². The Morgan fingerprint density at radius 2 is 2.23 bits per heavy atom. The van der Waals surface area contributed by atoms with E-state index in [1.165, 1.54) is 10.9 Å². The van der Waals surface area contributed by atoms with Crippen molar-refractivity contribution in [3.05, 3.63) is 46.2 Å². The van der Waals surface area contributed by atoms with E-state index in [4.69, 9.17) is 16.3 Å². The monoisotopic (exact) mass is 383 g/mol. The molecule has 5 nitrogen and oxygen atoms in total. The van der Waals surface area contributed by atoms with E-state index in [2.05, 4.69) is 10.4 Å². The van der Waals surface area contributed by atoms with Crippen molar-refractivity contribution in [2.75, 3.05) is 6.61 Å². The molecule has 0 aliphatic carbocycles. The van der Waals surface area contributed by atoms with E-state index in [9.17, 15) is 13.6 Å². The van der Waals surface area contributed by atoms with Crippen molar-refractivity contribution in [1.29, 1.82) is 0 Å². The van der Waals surface area contributed by atoms with E-state index >= 15 is 0 Å². The Hall–Kier alpha value is -2.15. The van der Waals surface area contributed by atoms with Gasteiger partial charge in [-0.3, -0.25) is 9.48 Å². The first-order valence-electron chi connectivity index (χ1n) is 8.44. The molecule has 1 amide bonds. The maximum absolute atomic E-state index is 13.5. The molecule has 0 fully saturated rings. The maximum atomic E-state index is 13.5. The molecule has 1 aromatic heterocycles. The Labute approximate surface area is 155 Å². The van der Waals surface area contributed by atoms with Crippen LogP contribution in [0.15, 0.2) is 24.4 Å². The summed E-state index contributed by atoms with van der Waals surface area (Å²) in [6, 6.07) is 4.92. The molecule has 0 spiro atoms. The van der Waals surface area contributed by atoms with Crippen molar-refractivity contribution in [3.8, 4) is 5.75 Å². The first-order chi connectivity index (χ1) is 12.4. The standard InChI is InChI=1S/C18H20ClF2N3O2/c1-10(2)9-24-15(17(20)21)12(8-22-24)18(25)23-14-6-7-26-16-11(14)4-3-5-13(16)19/h3-5,8,10,14,17H,6-7,9H2,1-2H3,(H,23,25). The summed E-state index contributed by atoms with van der Waals surface area (Å²) in [6.07, 6.45) is -1.05. The van der Waals surface area contributed by atoms with Gasteiger partial charge in [0.25, 0.3) is 12.3 Å². The van der Waals surface area contributed by atoms with Gasteiger partial charge < -0.3 is 10.1 Å². The third-order valence-electron chi connectivity index (χ3n) is 4.20. The third-order valence-corrected chi connectivity index (χ3v) is 4.50. The van der Waals surface area contributed by atoms with Crippen LogP contribution in [-0.4, -0.2) is 22.3 Å². The summed E-state index contributed by atoms with van der Waals surface area (Å²) in [7, 11) is 0. The topological polar surface area (TPSA) is 56.2 Å². The van der Waals surface area contributed by atoms with E-state index in [0.29, 0.717) is 30.3 Å². The molecule has 140 valence electrons. The molecule has 8 heteroatoms. The highest BCUT2D eigenvalue weighted by Crippen LogP contribution is 2.37. The first kappa shape index (κ1) is 18.6. The number of carbonyl (C=O) groups is 1. The number of carbonyl (C=O) groups excluding carboxylic acids is 1. The van der Waals surface area contributed by atoms with E-state index in [-0.39, 0.29) is 23.2 Å². The van der Waals surface area contributed by atoms with E-state index in [0.717, 1.165) is 5.56 Å². The molecule has 2 heterocycles. The van der Waals surface area contributed by atoms with Crippen molar-refractivity contribution < 1.29 is 18.3 Å². The number of para-hydroxylation sites is 1. The highest BCUT2D eigenvalue weighted by molar-refractivity contribution is 6.32. The highest BCUT2D eigenvalue weighted by Gasteiger charge is 2.29. The molecule has 26 heavy (non-hydrogen) atoms. The Kier molecular flexibility index (Phi) is 5.46. The van der Waals surface area contributed by atoms with Gasteiger partial charge in [0.2, 0.25) is 0 Å². The van der Waals surface area contributed by atoms with Crippen LogP contribution in [0.25, 0.3) is 0 Å². The quantitative estimate of drug-likeness (QED) is 0.833. The van der Waals surface area contributed by atoms with Crippen LogP contribution in [0.2, 0.25) is 5.02 Å². The molecule has 0 bridgehead atoms. The number of alkyl halides is 2. The summed E-state index contributed by atoms with van der Waals surface area (Å²) >= 11 is 6.13. The Morgan fingerprint density at radius 1 is 1.46 bits per heavy atom. The Balaban J connectivity index is 1.86. The molecule has 2 aromatic rings. The number of ether oxygens (including phenoxy) is 1. The fourth-order valence-electron chi connectivity index (χ4n) is 3.06. The molecule has 1 aromatic carbocycles. The molecule has 0 saturated heterocycles. The van der Waals surface area contributed by atoms with Crippen molar-refractivity contribution in [2.45, 2.75) is 39.3 Å². The van der Waals surface area contributed by atoms with Crippen LogP contribution in [0.5, 0.6) is 5.75 Å². The number of nitrogens with zero attached hydrogens (tertiary/aromatic N) is 2. The number of aromatic nitrogens is 2. The van der Waals surface area contributed by atoms with Gasteiger partial charge in [-0.15, -0.1) is 0 Å². The second-order valence-corrected chi connectivity index (χ2v) is 7.05. The summed E-state index contributed by atoms with van der Waals surface area (Å²) in [6.45, 7) is 4.51. The summed E-state index contributed by atoms with van der Waals surface area (Å²) in [5, 5.41) is 7.25. The van der Waals surface area contributed by atoms with Gasteiger partial charge >= 0.3 is 0 Å². The van der Waals surface area contributed by atoms with Gasteiger partial charge in [-0.1, -0.05) is 37.6 Å². The summed E-state index contributed by atoms with van der Waals surface area (Å²) in [5.41, 5.74) is 0.288. The number of benzene rings is 1. The molecule has 1 aliphatic rings. The van der Waals surface area contributed by atoms with Crippen molar-refractivity contribution >= 4 is 17.5 Å². The third kappa shape index (κ3) is 3.67. The van der Waals surface area contributed by atoms with Crippen LogP contribution < -0.4 is 10.1 Å². The number of fused-ring (bicyclic) bond motifs is 1. The first-order valence-corrected chi connectivity index (χ1v) is 8.82. The average Bonchev–Trinajstić information content (AvgIpc) is 2.99. The minimum absolute atomic E-state index is 0.101. The zero-order chi connectivity index (χ0) is 18.8. The summed E-state index contributed by atoms with van der Waals surface area (Å²) < 4.78 is 33.8. The fraction of sp³-hybridized carbons (Fsp3) is 0.444. The molecule has 1 N–H and O–H groups in total. The smallest absolute Gasteiger partial charge is 0.280 e. The lowest BCUT2D eigenvalue weighted by Gasteiger charge is -2.27. The van der Waals surface area contributed by atoms with Crippen molar-refractivity contribution in [2.24, 2.45) is 5.92 Å². The van der Waals surface area contributed by atoms with Crippen LogP contribution in [0.4, 0.5) is 8.78 Å². The van der Waals surface area contributed by atoms with Gasteiger partial charge in [-0.25, -0.2) is 8.78 Å². The maximum Gasteiger partial charge on any atom is 0.280 e. The predicted molar refractivity (Wildman–Crippen MR) is 93.8 cm³/mol. The molecule has 0 radical (unpaired) electrons. The molecule has 1 unspecified atom stereocenters. The van der Waals surface area contributed by atoms with Gasteiger partial charge in [-0.2, -0.15) is 5.10 Å². The molecule has 1 aliphatic heterocycles.